The minimum atomic E-state index is -0.874. The van der Waals surface area contributed by atoms with Crippen LogP contribution in [0.2, 0.25) is 0 Å². The van der Waals surface area contributed by atoms with Crippen molar-refractivity contribution in [3.05, 3.63) is 41.4 Å². The Morgan fingerprint density at radius 1 is 1.22 bits per heavy atom. The third-order valence-electron chi connectivity index (χ3n) is 4.18. The summed E-state index contributed by atoms with van der Waals surface area (Å²) in [6.07, 6.45) is 4.87. The summed E-state index contributed by atoms with van der Waals surface area (Å²) < 4.78 is 0. The van der Waals surface area contributed by atoms with Crippen molar-refractivity contribution >= 4 is 23.2 Å². The van der Waals surface area contributed by atoms with Gasteiger partial charge in [-0.1, -0.05) is 43.2 Å². The number of aliphatic carboxylic acids is 1. The Hall–Kier alpha value is -2.21. The number of carbonyl (C=O) groups excluding carboxylic acids is 1. The summed E-state index contributed by atoms with van der Waals surface area (Å²) in [5.74, 6) is -1.10. The molecule has 3 rings (SSSR count). The van der Waals surface area contributed by atoms with Gasteiger partial charge in [-0.3, -0.25) is 9.59 Å². The Bertz CT molecular complexity index is 706. The molecular weight excluding hydrogens is 312 g/mol. The van der Waals surface area contributed by atoms with Crippen LogP contribution in [0.5, 0.6) is 0 Å². The molecule has 0 spiro atoms. The first-order chi connectivity index (χ1) is 11.1. The first-order valence-electron chi connectivity index (χ1n) is 7.64. The van der Waals surface area contributed by atoms with Gasteiger partial charge in [0.05, 0.1) is 18.2 Å². The SMILES string of the molecule is O=C(O)CC1(NC(=O)c2cnc(-c3ccccc3)s2)CCCC1. The van der Waals surface area contributed by atoms with Crippen LogP contribution in [0.3, 0.4) is 0 Å². The van der Waals surface area contributed by atoms with E-state index in [0.29, 0.717) is 4.88 Å². The molecule has 0 atom stereocenters. The van der Waals surface area contributed by atoms with Gasteiger partial charge in [-0.15, -0.1) is 11.3 Å². The van der Waals surface area contributed by atoms with Crippen LogP contribution >= 0.6 is 11.3 Å². The second-order valence-corrected chi connectivity index (χ2v) is 6.94. The number of benzene rings is 1. The van der Waals surface area contributed by atoms with E-state index >= 15 is 0 Å². The molecule has 2 N–H and O–H groups in total. The monoisotopic (exact) mass is 330 g/mol. The lowest BCUT2D eigenvalue weighted by molar-refractivity contribution is -0.138. The molecule has 23 heavy (non-hydrogen) atoms. The summed E-state index contributed by atoms with van der Waals surface area (Å²) in [5.41, 5.74) is 0.359. The lowest BCUT2D eigenvalue weighted by Gasteiger charge is -2.28. The fourth-order valence-electron chi connectivity index (χ4n) is 3.08. The van der Waals surface area contributed by atoms with Crippen LogP contribution in [0.4, 0.5) is 0 Å². The number of nitrogens with zero attached hydrogens (tertiary/aromatic N) is 1. The molecule has 0 aliphatic heterocycles. The Morgan fingerprint density at radius 2 is 1.91 bits per heavy atom. The highest BCUT2D eigenvalue weighted by atomic mass is 32.1. The molecule has 0 radical (unpaired) electrons. The summed E-state index contributed by atoms with van der Waals surface area (Å²) in [5, 5.41) is 12.9. The Labute approximate surface area is 138 Å². The number of rotatable bonds is 5. The molecule has 1 aliphatic rings. The molecule has 1 saturated carbocycles. The number of nitrogens with one attached hydrogen (secondary N) is 1. The molecule has 0 saturated heterocycles. The summed E-state index contributed by atoms with van der Waals surface area (Å²) in [6, 6.07) is 9.68. The second-order valence-electron chi connectivity index (χ2n) is 5.91. The zero-order valence-corrected chi connectivity index (χ0v) is 13.4. The molecule has 2 aromatic rings. The third-order valence-corrected chi connectivity index (χ3v) is 5.22. The zero-order chi connectivity index (χ0) is 16.3. The average molecular weight is 330 g/mol. The van der Waals surface area contributed by atoms with Gasteiger partial charge in [-0.05, 0) is 12.8 Å². The fourth-order valence-corrected chi connectivity index (χ4v) is 3.90. The maximum Gasteiger partial charge on any atom is 0.305 e. The van der Waals surface area contributed by atoms with E-state index in [-0.39, 0.29) is 12.3 Å². The molecule has 1 aromatic carbocycles. The van der Waals surface area contributed by atoms with Crippen LogP contribution < -0.4 is 5.32 Å². The molecule has 0 bridgehead atoms. The van der Waals surface area contributed by atoms with E-state index in [1.165, 1.54) is 11.3 Å². The van der Waals surface area contributed by atoms with Gasteiger partial charge in [0.15, 0.2) is 0 Å². The molecule has 0 unspecified atom stereocenters. The third kappa shape index (κ3) is 3.59. The highest BCUT2D eigenvalue weighted by Gasteiger charge is 2.37. The van der Waals surface area contributed by atoms with E-state index in [1.807, 2.05) is 30.3 Å². The van der Waals surface area contributed by atoms with Crippen molar-refractivity contribution < 1.29 is 14.7 Å². The van der Waals surface area contributed by atoms with Crippen molar-refractivity contribution in [1.29, 1.82) is 0 Å². The fraction of sp³-hybridized carbons (Fsp3) is 0.353. The van der Waals surface area contributed by atoms with E-state index in [0.717, 1.165) is 36.3 Å². The predicted molar refractivity (Wildman–Crippen MR) is 88.5 cm³/mol. The van der Waals surface area contributed by atoms with Crippen LogP contribution in [0.1, 0.15) is 41.8 Å². The molecule has 1 aliphatic carbocycles. The number of aromatic nitrogens is 1. The molecular formula is C17H18N2O3S. The van der Waals surface area contributed by atoms with Crippen molar-refractivity contribution in [2.75, 3.05) is 0 Å². The Kier molecular flexibility index (Phi) is 4.43. The number of carboxylic acid groups (broad SMARTS) is 1. The predicted octanol–water partition coefficient (Wildman–Crippen LogP) is 3.33. The standard InChI is InChI=1S/C17H18N2O3S/c20-14(21)10-17(8-4-5-9-17)19-15(22)13-11-18-16(23-13)12-6-2-1-3-7-12/h1-3,6-7,11H,4-5,8-10H2,(H,19,22)(H,20,21). The normalized spacial score (nSPS) is 16.2. The highest BCUT2D eigenvalue weighted by molar-refractivity contribution is 7.16. The van der Waals surface area contributed by atoms with Gasteiger partial charge in [-0.25, -0.2) is 4.98 Å². The first kappa shape index (κ1) is 15.7. The number of carbonyl (C=O) groups is 2. The van der Waals surface area contributed by atoms with Crippen molar-refractivity contribution in [3.8, 4) is 10.6 Å². The van der Waals surface area contributed by atoms with Crippen molar-refractivity contribution in [1.82, 2.24) is 10.3 Å². The summed E-state index contributed by atoms with van der Waals surface area (Å²) in [4.78, 5) is 28.4. The van der Waals surface area contributed by atoms with Crippen LogP contribution in [0.25, 0.3) is 10.6 Å². The largest absolute Gasteiger partial charge is 0.481 e. The topological polar surface area (TPSA) is 79.3 Å². The van der Waals surface area contributed by atoms with Crippen LogP contribution in [0.15, 0.2) is 36.5 Å². The Balaban J connectivity index is 1.76. The molecule has 120 valence electrons. The number of thiazole rings is 1. The van der Waals surface area contributed by atoms with Crippen LogP contribution in [-0.4, -0.2) is 27.5 Å². The zero-order valence-electron chi connectivity index (χ0n) is 12.6. The van der Waals surface area contributed by atoms with Crippen LogP contribution in [-0.2, 0) is 4.79 Å². The summed E-state index contributed by atoms with van der Waals surface area (Å²) in [7, 11) is 0. The molecule has 1 fully saturated rings. The van der Waals surface area contributed by atoms with Gasteiger partial charge in [0.1, 0.15) is 9.88 Å². The highest BCUT2D eigenvalue weighted by Crippen LogP contribution is 2.33. The molecule has 6 heteroatoms. The minimum Gasteiger partial charge on any atom is -0.481 e. The van der Waals surface area contributed by atoms with Gasteiger partial charge in [-0.2, -0.15) is 0 Å². The van der Waals surface area contributed by atoms with E-state index in [1.54, 1.807) is 6.20 Å². The Morgan fingerprint density at radius 3 is 2.57 bits per heavy atom. The average Bonchev–Trinajstić information content (AvgIpc) is 3.17. The van der Waals surface area contributed by atoms with Gasteiger partial charge < -0.3 is 10.4 Å². The first-order valence-corrected chi connectivity index (χ1v) is 8.45. The number of amides is 1. The van der Waals surface area contributed by atoms with E-state index in [9.17, 15) is 9.59 Å². The lowest BCUT2D eigenvalue weighted by atomic mass is 9.93. The van der Waals surface area contributed by atoms with E-state index < -0.39 is 11.5 Å². The number of hydrogen-bond donors (Lipinski definition) is 2. The summed E-state index contributed by atoms with van der Waals surface area (Å²) >= 11 is 1.32. The minimum absolute atomic E-state index is 0.0247. The summed E-state index contributed by atoms with van der Waals surface area (Å²) in [6.45, 7) is 0. The molecule has 1 amide bonds. The number of hydrogen-bond acceptors (Lipinski definition) is 4. The van der Waals surface area contributed by atoms with E-state index in [2.05, 4.69) is 10.3 Å². The smallest absolute Gasteiger partial charge is 0.305 e. The van der Waals surface area contributed by atoms with Gasteiger partial charge in [0, 0.05) is 5.56 Å². The van der Waals surface area contributed by atoms with Gasteiger partial charge in [0.25, 0.3) is 5.91 Å². The molecule has 1 aromatic heterocycles. The second kappa shape index (κ2) is 6.50. The molecule has 1 heterocycles. The lowest BCUT2D eigenvalue weighted by Crippen LogP contribution is -2.47. The van der Waals surface area contributed by atoms with E-state index in [4.69, 9.17) is 5.11 Å². The molecule has 5 nitrogen and oxygen atoms in total. The van der Waals surface area contributed by atoms with Crippen LogP contribution in [0, 0.1) is 0 Å². The maximum absolute atomic E-state index is 12.5. The number of carboxylic acids is 1. The van der Waals surface area contributed by atoms with Gasteiger partial charge >= 0.3 is 5.97 Å². The quantitative estimate of drug-likeness (QED) is 0.881. The van der Waals surface area contributed by atoms with Crippen molar-refractivity contribution in [2.45, 2.75) is 37.6 Å². The van der Waals surface area contributed by atoms with Crippen molar-refractivity contribution in [3.63, 3.8) is 0 Å². The van der Waals surface area contributed by atoms with Gasteiger partial charge in [0.2, 0.25) is 0 Å². The van der Waals surface area contributed by atoms with Crippen molar-refractivity contribution in [2.24, 2.45) is 0 Å². The maximum atomic E-state index is 12.5.